The molecule has 0 saturated carbocycles. The van der Waals surface area contributed by atoms with E-state index in [-0.39, 0.29) is 5.82 Å². The quantitative estimate of drug-likeness (QED) is 0.823. The Bertz CT molecular complexity index is 356. The first-order valence-corrected chi connectivity index (χ1v) is 5.01. The molecule has 15 heavy (non-hydrogen) atoms. The number of halogens is 1. The molecule has 0 bridgehead atoms. The third-order valence-corrected chi connectivity index (χ3v) is 2.40. The first-order chi connectivity index (χ1) is 7.25. The van der Waals surface area contributed by atoms with Crippen LogP contribution in [0.1, 0.15) is 12.0 Å². The van der Waals surface area contributed by atoms with E-state index in [4.69, 9.17) is 4.74 Å². The van der Waals surface area contributed by atoms with Crippen molar-refractivity contribution < 1.29 is 14.2 Å². The van der Waals surface area contributed by atoms with Gasteiger partial charge in [-0.2, -0.15) is 0 Å². The van der Waals surface area contributed by atoms with Crippen LogP contribution in [0.25, 0.3) is 0 Å². The number of hydrogen-bond donors (Lipinski definition) is 1. The van der Waals surface area contributed by atoms with E-state index in [0.29, 0.717) is 18.8 Å². The Balaban J connectivity index is 1.99. The fraction of sp³-hybridized carbons (Fsp3) is 0.333. The van der Waals surface area contributed by atoms with Crippen LogP contribution < -0.4 is 0 Å². The molecule has 0 spiro atoms. The molecule has 0 amide bonds. The second kappa shape index (κ2) is 4.45. The van der Waals surface area contributed by atoms with Gasteiger partial charge in [0, 0.05) is 12.8 Å². The average molecular weight is 208 g/mol. The second-order valence-corrected chi connectivity index (χ2v) is 3.59. The molecule has 1 heterocycles. The van der Waals surface area contributed by atoms with Crippen molar-refractivity contribution in [2.45, 2.75) is 18.9 Å². The number of ether oxygens (including phenoxy) is 1. The summed E-state index contributed by atoms with van der Waals surface area (Å²) in [6.07, 6.45) is 2.61. The SMILES string of the molecule is OC(Cc1ccc(F)cc1)C1=CCCO1. The molecule has 0 aliphatic carbocycles. The van der Waals surface area contributed by atoms with Crippen molar-refractivity contribution in [1.82, 2.24) is 0 Å². The van der Waals surface area contributed by atoms with Crippen molar-refractivity contribution in [1.29, 1.82) is 0 Å². The van der Waals surface area contributed by atoms with E-state index in [1.807, 2.05) is 6.08 Å². The third kappa shape index (κ3) is 2.57. The Labute approximate surface area is 88.0 Å². The lowest BCUT2D eigenvalue weighted by atomic mass is 10.1. The predicted molar refractivity (Wildman–Crippen MR) is 54.8 cm³/mol. The van der Waals surface area contributed by atoms with E-state index in [1.165, 1.54) is 12.1 Å². The normalized spacial score (nSPS) is 17.1. The summed E-state index contributed by atoms with van der Waals surface area (Å²) in [5, 5.41) is 9.78. The van der Waals surface area contributed by atoms with E-state index >= 15 is 0 Å². The molecular formula is C12H13FO2. The third-order valence-electron chi connectivity index (χ3n) is 2.40. The summed E-state index contributed by atoms with van der Waals surface area (Å²) >= 11 is 0. The lowest BCUT2D eigenvalue weighted by molar-refractivity contribution is 0.118. The highest BCUT2D eigenvalue weighted by molar-refractivity contribution is 5.19. The maximum atomic E-state index is 12.6. The van der Waals surface area contributed by atoms with E-state index in [2.05, 4.69) is 0 Å². The molecule has 1 aromatic rings. The van der Waals surface area contributed by atoms with Gasteiger partial charge in [0.1, 0.15) is 17.7 Å². The highest BCUT2D eigenvalue weighted by Gasteiger charge is 2.16. The summed E-state index contributed by atoms with van der Waals surface area (Å²) in [6, 6.07) is 6.14. The summed E-state index contributed by atoms with van der Waals surface area (Å²) in [6.45, 7) is 0.649. The van der Waals surface area contributed by atoms with Gasteiger partial charge < -0.3 is 9.84 Å². The number of hydrogen-bond acceptors (Lipinski definition) is 2. The van der Waals surface area contributed by atoms with Crippen LogP contribution in [0.15, 0.2) is 36.1 Å². The maximum absolute atomic E-state index is 12.6. The lowest BCUT2D eigenvalue weighted by Crippen LogP contribution is -2.14. The van der Waals surface area contributed by atoms with Crippen molar-refractivity contribution >= 4 is 0 Å². The molecule has 2 rings (SSSR count). The largest absolute Gasteiger partial charge is 0.495 e. The second-order valence-electron chi connectivity index (χ2n) is 3.59. The van der Waals surface area contributed by atoms with Crippen molar-refractivity contribution in [3.63, 3.8) is 0 Å². The van der Waals surface area contributed by atoms with Gasteiger partial charge in [-0.25, -0.2) is 4.39 Å². The zero-order valence-electron chi connectivity index (χ0n) is 8.32. The summed E-state index contributed by atoms with van der Waals surface area (Å²) in [5.74, 6) is 0.379. The first kappa shape index (κ1) is 10.2. The van der Waals surface area contributed by atoms with Crippen LogP contribution in [-0.4, -0.2) is 17.8 Å². The fourth-order valence-electron chi connectivity index (χ4n) is 1.61. The van der Waals surface area contributed by atoms with Crippen LogP contribution in [0.3, 0.4) is 0 Å². The summed E-state index contributed by atoms with van der Waals surface area (Å²) in [4.78, 5) is 0. The van der Waals surface area contributed by atoms with Crippen LogP contribution in [0.2, 0.25) is 0 Å². The Morgan fingerprint density at radius 2 is 2.07 bits per heavy atom. The van der Waals surface area contributed by atoms with Gasteiger partial charge in [0.15, 0.2) is 0 Å². The standard InChI is InChI=1S/C12H13FO2/c13-10-5-3-9(4-6-10)8-11(14)12-2-1-7-15-12/h2-6,11,14H,1,7-8H2. The zero-order chi connectivity index (χ0) is 10.7. The van der Waals surface area contributed by atoms with E-state index in [1.54, 1.807) is 12.1 Å². The fourth-order valence-corrected chi connectivity index (χ4v) is 1.61. The Morgan fingerprint density at radius 1 is 1.33 bits per heavy atom. The minimum Gasteiger partial charge on any atom is -0.495 e. The van der Waals surface area contributed by atoms with Gasteiger partial charge >= 0.3 is 0 Å². The Morgan fingerprint density at radius 3 is 2.67 bits per heavy atom. The molecule has 0 radical (unpaired) electrons. The minimum absolute atomic E-state index is 0.260. The van der Waals surface area contributed by atoms with E-state index in [9.17, 15) is 9.50 Å². The molecule has 0 fully saturated rings. The van der Waals surface area contributed by atoms with Gasteiger partial charge in [0.05, 0.1) is 6.61 Å². The highest BCUT2D eigenvalue weighted by Crippen LogP contribution is 2.17. The van der Waals surface area contributed by atoms with E-state index in [0.717, 1.165) is 12.0 Å². The van der Waals surface area contributed by atoms with Crippen LogP contribution in [0.5, 0.6) is 0 Å². The highest BCUT2D eigenvalue weighted by atomic mass is 19.1. The van der Waals surface area contributed by atoms with Crippen molar-refractivity contribution in [3.8, 4) is 0 Å². The smallest absolute Gasteiger partial charge is 0.123 e. The zero-order valence-corrected chi connectivity index (χ0v) is 8.32. The first-order valence-electron chi connectivity index (χ1n) is 5.01. The molecule has 1 aliphatic rings. The molecular weight excluding hydrogens is 195 g/mol. The van der Waals surface area contributed by atoms with Gasteiger partial charge in [-0.05, 0) is 23.8 Å². The number of aliphatic hydroxyl groups is 1. The molecule has 3 heteroatoms. The van der Waals surface area contributed by atoms with Gasteiger partial charge in [-0.15, -0.1) is 0 Å². The summed E-state index contributed by atoms with van der Waals surface area (Å²) in [7, 11) is 0. The maximum Gasteiger partial charge on any atom is 0.123 e. The van der Waals surface area contributed by atoms with Crippen LogP contribution >= 0.6 is 0 Å². The van der Waals surface area contributed by atoms with E-state index < -0.39 is 6.10 Å². The molecule has 0 aromatic heterocycles. The minimum atomic E-state index is -0.613. The van der Waals surface area contributed by atoms with Gasteiger partial charge in [0.25, 0.3) is 0 Å². The number of benzene rings is 1. The molecule has 1 unspecified atom stereocenters. The molecule has 2 nitrogen and oxygen atoms in total. The molecule has 0 saturated heterocycles. The molecule has 1 aliphatic heterocycles. The van der Waals surface area contributed by atoms with Crippen molar-refractivity contribution in [3.05, 3.63) is 47.5 Å². The lowest BCUT2D eigenvalue weighted by Gasteiger charge is -2.11. The van der Waals surface area contributed by atoms with Crippen molar-refractivity contribution in [2.75, 3.05) is 6.61 Å². The molecule has 1 atom stereocenters. The average Bonchev–Trinajstić information content (AvgIpc) is 2.74. The molecule has 1 aromatic carbocycles. The van der Waals surface area contributed by atoms with Crippen LogP contribution in [0.4, 0.5) is 4.39 Å². The number of rotatable bonds is 3. The molecule has 1 N–H and O–H groups in total. The predicted octanol–water partition coefficient (Wildman–Crippen LogP) is 2.03. The number of aliphatic hydroxyl groups excluding tert-OH is 1. The van der Waals surface area contributed by atoms with Gasteiger partial charge in [-0.3, -0.25) is 0 Å². The molecule has 80 valence electrons. The Kier molecular flexibility index (Phi) is 3.02. The van der Waals surface area contributed by atoms with Crippen molar-refractivity contribution in [2.24, 2.45) is 0 Å². The van der Waals surface area contributed by atoms with Gasteiger partial charge in [0.2, 0.25) is 0 Å². The monoisotopic (exact) mass is 208 g/mol. The summed E-state index contributed by atoms with van der Waals surface area (Å²) in [5.41, 5.74) is 0.903. The Hall–Kier alpha value is -1.35. The van der Waals surface area contributed by atoms with Crippen LogP contribution in [-0.2, 0) is 11.2 Å². The topological polar surface area (TPSA) is 29.5 Å². The van der Waals surface area contributed by atoms with Crippen LogP contribution in [0, 0.1) is 5.82 Å². The van der Waals surface area contributed by atoms with Gasteiger partial charge in [-0.1, -0.05) is 12.1 Å². The summed E-state index contributed by atoms with van der Waals surface area (Å²) < 4.78 is 17.9.